The van der Waals surface area contributed by atoms with Crippen LogP contribution >= 0.6 is 0 Å². The second-order valence-electron chi connectivity index (χ2n) is 5.81. The third-order valence-electron chi connectivity index (χ3n) is 3.88. The normalized spacial score (nSPS) is 12.5. The summed E-state index contributed by atoms with van der Waals surface area (Å²) in [6, 6.07) is 2.71. The van der Waals surface area contributed by atoms with Gasteiger partial charge in [0, 0.05) is 30.9 Å². The number of rotatable bonds is 8. The Morgan fingerprint density at radius 1 is 1.25 bits per heavy atom. The average molecular weight is 277 g/mol. The van der Waals surface area contributed by atoms with Crippen molar-refractivity contribution in [1.82, 2.24) is 10.3 Å². The fourth-order valence-electron chi connectivity index (χ4n) is 2.56. The first-order valence-corrected chi connectivity index (χ1v) is 7.91. The van der Waals surface area contributed by atoms with Crippen LogP contribution in [0, 0.1) is 13.8 Å². The van der Waals surface area contributed by atoms with Gasteiger partial charge in [-0.2, -0.15) is 0 Å². The number of aryl methyl sites for hydroxylation is 2. The molecular formula is C17H31N3. The summed E-state index contributed by atoms with van der Waals surface area (Å²) in [4.78, 5) is 7.14. The van der Waals surface area contributed by atoms with Gasteiger partial charge in [0.2, 0.25) is 0 Å². The van der Waals surface area contributed by atoms with Crippen LogP contribution in [0.3, 0.4) is 0 Å². The van der Waals surface area contributed by atoms with E-state index in [1.54, 1.807) is 0 Å². The SMILES string of the molecule is CCCNCc1c(C)cc(C)nc1N(C)C(C)CCC. The Balaban J connectivity index is 3.02. The molecule has 0 radical (unpaired) electrons. The molecule has 0 aliphatic rings. The van der Waals surface area contributed by atoms with Gasteiger partial charge in [0.25, 0.3) is 0 Å². The maximum absolute atomic E-state index is 4.80. The Bertz CT molecular complexity index is 415. The van der Waals surface area contributed by atoms with Gasteiger partial charge in [-0.05, 0) is 51.8 Å². The maximum atomic E-state index is 4.80. The smallest absolute Gasteiger partial charge is 0.133 e. The Labute approximate surface area is 124 Å². The summed E-state index contributed by atoms with van der Waals surface area (Å²) in [5, 5.41) is 3.51. The van der Waals surface area contributed by atoms with Crippen LogP contribution in [-0.4, -0.2) is 24.6 Å². The van der Waals surface area contributed by atoms with E-state index in [4.69, 9.17) is 4.98 Å². The highest BCUT2D eigenvalue weighted by Gasteiger charge is 2.16. The molecule has 0 aliphatic heterocycles. The average Bonchev–Trinajstić information content (AvgIpc) is 2.40. The predicted octanol–water partition coefficient (Wildman–Crippen LogP) is 3.82. The van der Waals surface area contributed by atoms with Gasteiger partial charge in [-0.3, -0.25) is 0 Å². The molecule has 3 nitrogen and oxygen atoms in total. The van der Waals surface area contributed by atoms with Crippen LogP contribution in [0.2, 0.25) is 0 Å². The van der Waals surface area contributed by atoms with Crippen molar-refractivity contribution in [1.29, 1.82) is 0 Å². The van der Waals surface area contributed by atoms with Crippen molar-refractivity contribution < 1.29 is 0 Å². The minimum atomic E-state index is 0.527. The molecule has 1 unspecified atom stereocenters. The van der Waals surface area contributed by atoms with Crippen LogP contribution < -0.4 is 10.2 Å². The molecule has 0 spiro atoms. The molecule has 1 atom stereocenters. The van der Waals surface area contributed by atoms with E-state index in [1.807, 2.05) is 0 Å². The second kappa shape index (κ2) is 8.25. The lowest BCUT2D eigenvalue weighted by atomic mass is 10.1. The third kappa shape index (κ3) is 4.48. The molecule has 1 heterocycles. The Morgan fingerprint density at radius 3 is 2.55 bits per heavy atom. The van der Waals surface area contributed by atoms with Crippen molar-refractivity contribution in [3.8, 4) is 0 Å². The lowest BCUT2D eigenvalue weighted by Gasteiger charge is -2.29. The molecule has 3 heteroatoms. The minimum Gasteiger partial charge on any atom is -0.357 e. The molecule has 0 fully saturated rings. The number of nitrogens with zero attached hydrogens (tertiary/aromatic N) is 2. The minimum absolute atomic E-state index is 0.527. The summed E-state index contributed by atoms with van der Waals surface area (Å²) in [7, 11) is 2.17. The van der Waals surface area contributed by atoms with Crippen LogP contribution in [0.25, 0.3) is 0 Å². The van der Waals surface area contributed by atoms with Crippen molar-refractivity contribution in [2.24, 2.45) is 0 Å². The number of aromatic nitrogens is 1. The van der Waals surface area contributed by atoms with Crippen LogP contribution in [0.4, 0.5) is 5.82 Å². The van der Waals surface area contributed by atoms with E-state index >= 15 is 0 Å². The van der Waals surface area contributed by atoms with E-state index in [0.29, 0.717) is 6.04 Å². The molecule has 0 saturated heterocycles. The molecule has 1 rings (SSSR count). The molecule has 1 aromatic rings. The second-order valence-corrected chi connectivity index (χ2v) is 5.81. The molecule has 0 aliphatic carbocycles. The Morgan fingerprint density at radius 2 is 1.95 bits per heavy atom. The summed E-state index contributed by atoms with van der Waals surface area (Å²) >= 11 is 0. The highest BCUT2D eigenvalue weighted by Crippen LogP contribution is 2.24. The van der Waals surface area contributed by atoms with Crippen LogP contribution in [0.5, 0.6) is 0 Å². The van der Waals surface area contributed by atoms with Crippen LogP contribution in [0.15, 0.2) is 6.07 Å². The van der Waals surface area contributed by atoms with Gasteiger partial charge in [-0.15, -0.1) is 0 Å². The van der Waals surface area contributed by atoms with E-state index in [1.165, 1.54) is 24.0 Å². The van der Waals surface area contributed by atoms with E-state index in [2.05, 4.69) is 57.9 Å². The van der Waals surface area contributed by atoms with Gasteiger partial charge in [0.1, 0.15) is 5.82 Å². The zero-order chi connectivity index (χ0) is 15.1. The van der Waals surface area contributed by atoms with E-state index in [0.717, 1.165) is 31.0 Å². The van der Waals surface area contributed by atoms with Gasteiger partial charge in [0.05, 0.1) is 0 Å². The zero-order valence-corrected chi connectivity index (χ0v) is 14.1. The zero-order valence-electron chi connectivity index (χ0n) is 14.1. The van der Waals surface area contributed by atoms with Gasteiger partial charge in [0.15, 0.2) is 0 Å². The lowest BCUT2D eigenvalue weighted by molar-refractivity contribution is 0.603. The quantitative estimate of drug-likeness (QED) is 0.732. The standard InChI is InChI=1S/C17H31N3/c1-7-9-15(5)20(6)17-16(12-18-10-8-2)13(3)11-14(4)19-17/h11,15,18H,7-10,12H2,1-6H3. The van der Waals surface area contributed by atoms with Gasteiger partial charge >= 0.3 is 0 Å². The number of anilines is 1. The van der Waals surface area contributed by atoms with Crippen molar-refractivity contribution >= 4 is 5.82 Å². The molecule has 1 N–H and O–H groups in total. The van der Waals surface area contributed by atoms with E-state index in [-0.39, 0.29) is 0 Å². The number of nitrogens with one attached hydrogen (secondary N) is 1. The first kappa shape index (κ1) is 17.0. The number of hydrogen-bond donors (Lipinski definition) is 1. The van der Waals surface area contributed by atoms with Crippen LogP contribution in [-0.2, 0) is 6.54 Å². The first-order valence-electron chi connectivity index (χ1n) is 7.91. The maximum Gasteiger partial charge on any atom is 0.133 e. The van der Waals surface area contributed by atoms with E-state index < -0.39 is 0 Å². The molecule has 0 saturated carbocycles. The van der Waals surface area contributed by atoms with Gasteiger partial charge < -0.3 is 10.2 Å². The molecule has 0 bridgehead atoms. The van der Waals surface area contributed by atoms with E-state index in [9.17, 15) is 0 Å². The molecule has 0 aromatic carbocycles. The highest BCUT2D eigenvalue weighted by molar-refractivity contribution is 5.51. The molecular weight excluding hydrogens is 246 g/mol. The lowest BCUT2D eigenvalue weighted by Crippen LogP contribution is -2.31. The number of hydrogen-bond acceptors (Lipinski definition) is 3. The third-order valence-corrected chi connectivity index (χ3v) is 3.88. The highest BCUT2D eigenvalue weighted by atomic mass is 15.2. The van der Waals surface area contributed by atoms with Crippen molar-refractivity contribution in [3.63, 3.8) is 0 Å². The fourth-order valence-corrected chi connectivity index (χ4v) is 2.56. The summed E-state index contributed by atoms with van der Waals surface area (Å²) in [5.41, 5.74) is 3.79. The summed E-state index contributed by atoms with van der Waals surface area (Å²) in [5.74, 6) is 1.15. The molecule has 1 aromatic heterocycles. The predicted molar refractivity (Wildman–Crippen MR) is 88.5 cm³/mol. The van der Waals surface area contributed by atoms with Crippen molar-refractivity contribution in [2.75, 3.05) is 18.5 Å². The molecule has 20 heavy (non-hydrogen) atoms. The largest absolute Gasteiger partial charge is 0.357 e. The molecule has 114 valence electrons. The fraction of sp³-hybridized carbons (Fsp3) is 0.706. The summed E-state index contributed by atoms with van der Waals surface area (Å²) < 4.78 is 0. The number of pyridine rings is 1. The van der Waals surface area contributed by atoms with Crippen LogP contribution in [0.1, 0.15) is 56.9 Å². The topological polar surface area (TPSA) is 28.2 Å². The molecule has 0 amide bonds. The van der Waals surface area contributed by atoms with Gasteiger partial charge in [-0.1, -0.05) is 20.3 Å². The Hall–Kier alpha value is -1.09. The van der Waals surface area contributed by atoms with Crippen molar-refractivity contribution in [3.05, 3.63) is 22.9 Å². The monoisotopic (exact) mass is 277 g/mol. The summed E-state index contributed by atoms with van der Waals surface area (Å²) in [6.45, 7) is 13.0. The first-order chi connectivity index (χ1) is 9.51. The van der Waals surface area contributed by atoms with Crippen molar-refractivity contribution in [2.45, 2.75) is 66.5 Å². The van der Waals surface area contributed by atoms with Gasteiger partial charge in [-0.25, -0.2) is 4.98 Å². The Kier molecular flexibility index (Phi) is 7.00. The summed E-state index contributed by atoms with van der Waals surface area (Å²) in [6.07, 6.45) is 3.57.